The number of ether oxygens (including phenoxy) is 1. The number of hydrogen-bond donors (Lipinski definition) is 1. The van der Waals surface area contributed by atoms with Crippen molar-refractivity contribution in [2.75, 3.05) is 6.61 Å². The largest absolute Gasteiger partial charge is 0.452 e. The second-order valence-corrected chi connectivity index (χ2v) is 9.01. The van der Waals surface area contributed by atoms with Gasteiger partial charge in [0.05, 0.1) is 10.6 Å². The molecule has 1 saturated carbocycles. The third-order valence-corrected chi connectivity index (χ3v) is 6.60. The Morgan fingerprint density at radius 3 is 2.75 bits per heavy atom. The van der Waals surface area contributed by atoms with E-state index in [-0.39, 0.29) is 18.6 Å². The van der Waals surface area contributed by atoms with Gasteiger partial charge < -0.3 is 10.1 Å². The molecule has 7 heteroatoms. The zero-order valence-electron chi connectivity index (χ0n) is 18.1. The molecular weight excluding hydrogens is 422 g/mol. The van der Waals surface area contributed by atoms with Gasteiger partial charge in [-0.2, -0.15) is 5.10 Å². The van der Waals surface area contributed by atoms with Gasteiger partial charge in [-0.05, 0) is 48.4 Å². The van der Waals surface area contributed by atoms with Crippen LogP contribution in [0.3, 0.4) is 0 Å². The molecule has 2 atom stereocenters. The molecule has 0 spiro atoms. The van der Waals surface area contributed by atoms with Crippen molar-refractivity contribution in [3.05, 3.63) is 65.7 Å². The van der Waals surface area contributed by atoms with E-state index < -0.39 is 5.97 Å². The Kier molecular flexibility index (Phi) is 7.17. The number of benzene rings is 1. The minimum Gasteiger partial charge on any atom is -0.452 e. The van der Waals surface area contributed by atoms with Gasteiger partial charge >= 0.3 is 5.97 Å². The highest BCUT2D eigenvalue weighted by atomic mass is 32.1. The third-order valence-electron chi connectivity index (χ3n) is 5.72. The van der Waals surface area contributed by atoms with Crippen LogP contribution < -0.4 is 5.32 Å². The molecule has 4 rings (SSSR count). The van der Waals surface area contributed by atoms with Crippen molar-refractivity contribution in [1.82, 2.24) is 15.1 Å². The molecular formula is C25H27N3O3S. The summed E-state index contributed by atoms with van der Waals surface area (Å²) < 4.78 is 6.95. The van der Waals surface area contributed by atoms with E-state index in [9.17, 15) is 9.59 Å². The molecule has 2 heterocycles. The summed E-state index contributed by atoms with van der Waals surface area (Å²) in [4.78, 5) is 25.4. The summed E-state index contributed by atoms with van der Waals surface area (Å²) in [5, 5.41) is 9.69. The Hall–Kier alpha value is -3.19. The van der Waals surface area contributed by atoms with Gasteiger partial charge in [0.15, 0.2) is 6.61 Å². The smallest absolute Gasteiger partial charge is 0.331 e. The summed E-state index contributed by atoms with van der Waals surface area (Å²) in [6.07, 6.45) is 9.35. The maximum absolute atomic E-state index is 12.2. The molecule has 1 amide bonds. The van der Waals surface area contributed by atoms with Crippen LogP contribution in [-0.2, 0) is 14.3 Å². The molecule has 1 fully saturated rings. The zero-order valence-corrected chi connectivity index (χ0v) is 18.9. The topological polar surface area (TPSA) is 73.2 Å². The molecule has 2 aromatic heterocycles. The molecule has 1 aliphatic carbocycles. The van der Waals surface area contributed by atoms with Crippen LogP contribution in [0.2, 0.25) is 0 Å². The molecule has 0 saturated heterocycles. The van der Waals surface area contributed by atoms with E-state index in [4.69, 9.17) is 9.84 Å². The number of rotatable bonds is 7. The Labute approximate surface area is 191 Å². The number of amides is 1. The standard InChI is InChI=1S/C25H27N3O3S/c1-18-8-5-6-11-21(18)26-23(29)17-31-24(30)14-13-19-16-28(20-9-3-2-4-10-20)27-25(19)22-12-7-15-32-22/h2-4,7,9-10,12-16,18,21H,5-6,8,11,17H2,1H3,(H,26,29). The number of nitrogens with zero attached hydrogens (tertiary/aromatic N) is 2. The quantitative estimate of drug-likeness (QED) is 0.413. The molecule has 1 aromatic carbocycles. The van der Waals surface area contributed by atoms with Crippen molar-refractivity contribution in [1.29, 1.82) is 0 Å². The second kappa shape index (κ2) is 10.4. The maximum Gasteiger partial charge on any atom is 0.331 e. The lowest BCUT2D eigenvalue weighted by Crippen LogP contribution is -2.42. The summed E-state index contributed by atoms with van der Waals surface area (Å²) in [6.45, 7) is 1.88. The van der Waals surface area contributed by atoms with Crippen LogP contribution in [0.1, 0.15) is 38.2 Å². The van der Waals surface area contributed by atoms with Gasteiger partial charge in [0.1, 0.15) is 5.69 Å². The normalized spacial score (nSPS) is 18.5. The number of hydrogen-bond acceptors (Lipinski definition) is 5. The highest BCUT2D eigenvalue weighted by Crippen LogP contribution is 2.28. The third kappa shape index (κ3) is 5.53. The Bertz CT molecular complexity index is 1070. The number of nitrogens with one attached hydrogen (secondary N) is 1. The lowest BCUT2D eigenvalue weighted by Gasteiger charge is -2.29. The summed E-state index contributed by atoms with van der Waals surface area (Å²) in [5.41, 5.74) is 2.52. The number of carbonyl (C=O) groups is 2. The van der Waals surface area contributed by atoms with Gasteiger partial charge in [-0.15, -0.1) is 11.3 Å². The van der Waals surface area contributed by atoms with Crippen molar-refractivity contribution < 1.29 is 14.3 Å². The zero-order chi connectivity index (χ0) is 22.3. The van der Waals surface area contributed by atoms with E-state index in [0.29, 0.717) is 5.92 Å². The Balaban J connectivity index is 1.40. The molecule has 0 bridgehead atoms. The van der Waals surface area contributed by atoms with Crippen molar-refractivity contribution in [2.24, 2.45) is 5.92 Å². The molecule has 0 aliphatic heterocycles. The molecule has 0 radical (unpaired) electrons. The number of thiophene rings is 1. The second-order valence-electron chi connectivity index (χ2n) is 8.07. The van der Waals surface area contributed by atoms with E-state index in [2.05, 4.69) is 12.2 Å². The van der Waals surface area contributed by atoms with E-state index in [1.54, 1.807) is 22.1 Å². The minimum absolute atomic E-state index is 0.169. The average Bonchev–Trinajstić information content (AvgIpc) is 3.48. The molecule has 3 aromatic rings. The number of carbonyl (C=O) groups excluding carboxylic acids is 2. The summed E-state index contributed by atoms with van der Waals surface area (Å²) in [7, 11) is 0. The summed E-state index contributed by atoms with van der Waals surface area (Å²) >= 11 is 1.58. The van der Waals surface area contributed by atoms with E-state index >= 15 is 0 Å². The molecule has 1 N–H and O–H groups in total. The first-order chi connectivity index (χ1) is 15.6. The minimum atomic E-state index is -0.554. The van der Waals surface area contributed by atoms with Crippen molar-refractivity contribution in [3.63, 3.8) is 0 Å². The van der Waals surface area contributed by atoms with Crippen molar-refractivity contribution >= 4 is 29.3 Å². The van der Waals surface area contributed by atoms with Gasteiger partial charge in [0.25, 0.3) is 5.91 Å². The number of para-hydroxylation sites is 1. The van der Waals surface area contributed by atoms with Crippen LogP contribution in [0.4, 0.5) is 0 Å². The van der Waals surface area contributed by atoms with Crippen LogP contribution in [0, 0.1) is 5.92 Å². The van der Waals surface area contributed by atoms with Gasteiger partial charge in [-0.25, -0.2) is 9.48 Å². The van der Waals surface area contributed by atoms with Gasteiger partial charge in [0.2, 0.25) is 0 Å². The van der Waals surface area contributed by atoms with Crippen LogP contribution >= 0.6 is 11.3 Å². The summed E-state index contributed by atoms with van der Waals surface area (Å²) in [6, 6.07) is 13.9. The average molecular weight is 450 g/mol. The fourth-order valence-corrected chi connectivity index (χ4v) is 4.68. The van der Waals surface area contributed by atoms with Gasteiger partial charge in [-0.3, -0.25) is 4.79 Å². The molecule has 1 aliphatic rings. The number of aromatic nitrogens is 2. The van der Waals surface area contributed by atoms with Crippen LogP contribution in [0.15, 0.2) is 60.1 Å². The predicted molar refractivity (Wildman–Crippen MR) is 126 cm³/mol. The molecule has 6 nitrogen and oxygen atoms in total. The highest BCUT2D eigenvalue weighted by Gasteiger charge is 2.23. The lowest BCUT2D eigenvalue weighted by molar-refractivity contribution is -0.144. The monoisotopic (exact) mass is 449 g/mol. The fraction of sp³-hybridized carbons (Fsp3) is 0.320. The molecule has 32 heavy (non-hydrogen) atoms. The first kappa shape index (κ1) is 22.0. The van der Waals surface area contributed by atoms with E-state index in [1.807, 2.05) is 54.0 Å². The summed E-state index contributed by atoms with van der Waals surface area (Å²) in [5.74, 6) is -0.344. The van der Waals surface area contributed by atoms with E-state index in [0.717, 1.165) is 41.1 Å². The SMILES string of the molecule is CC1CCCCC1NC(=O)COC(=O)C=Cc1cn(-c2ccccc2)nc1-c1cccs1. The maximum atomic E-state index is 12.2. The van der Waals surface area contributed by atoms with Gasteiger partial charge in [-0.1, -0.05) is 44.0 Å². The van der Waals surface area contributed by atoms with Crippen molar-refractivity contribution in [2.45, 2.75) is 38.6 Å². The van der Waals surface area contributed by atoms with Crippen molar-refractivity contribution in [3.8, 4) is 16.3 Å². The fourth-order valence-electron chi connectivity index (χ4n) is 3.95. The van der Waals surface area contributed by atoms with Crippen LogP contribution in [-0.4, -0.2) is 34.3 Å². The van der Waals surface area contributed by atoms with E-state index in [1.165, 1.54) is 12.5 Å². The Morgan fingerprint density at radius 2 is 2.00 bits per heavy atom. The Morgan fingerprint density at radius 1 is 1.19 bits per heavy atom. The first-order valence-corrected chi connectivity index (χ1v) is 11.8. The lowest BCUT2D eigenvalue weighted by atomic mass is 9.86. The van der Waals surface area contributed by atoms with Crippen LogP contribution in [0.25, 0.3) is 22.3 Å². The highest BCUT2D eigenvalue weighted by molar-refractivity contribution is 7.13. The molecule has 2 unspecified atom stereocenters. The number of esters is 1. The van der Waals surface area contributed by atoms with Crippen LogP contribution in [0.5, 0.6) is 0 Å². The molecule has 166 valence electrons. The predicted octanol–water partition coefficient (Wildman–Crippen LogP) is 4.85. The van der Waals surface area contributed by atoms with Gasteiger partial charge in [0, 0.05) is 23.9 Å². The first-order valence-electron chi connectivity index (χ1n) is 10.9.